The van der Waals surface area contributed by atoms with Crippen molar-refractivity contribution in [2.45, 2.75) is 19.3 Å². The largest absolute Gasteiger partial charge is 0.481 e. The number of aromatic nitrogens is 3. The fourth-order valence-electron chi connectivity index (χ4n) is 3.20. The molecule has 4 aromatic rings. The monoisotopic (exact) mass is 809 g/mol. The molecule has 0 spiro atoms. The van der Waals surface area contributed by atoms with Crippen molar-refractivity contribution in [3.05, 3.63) is 112 Å². The summed E-state index contributed by atoms with van der Waals surface area (Å²) >= 11 is 10.9. The van der Waals surface area contributed by atoms with Crippen LogP contribution < -0.4 is 27.5 Å². The van der Waals surface area contributed by atoms with E-state index in [1.54, 1.807) is 0 Å². The Morgan fingerprint density at radius 1 is 0.830 bits per heavy atom. The minimum absolute atomic E-state index is 0.0351. The number of nitrogens with two attached hydrogens (primary N) is 1. The molecule has 0 unspecified atom stereocenters. The van der Waals surface area contributed by atoms with Gasteiger partial charge in [-0.25, -0.2) is 32.5 Å². The van der Waals surface area contributed by atoms with Gasteiger partial charge in [0.05, 0.1) is 38.6 Å². The Hall–Kier alpha value is -5.97. The molecule has 2 aromatic heterocycles. The molecule has 0 radical (unpaired) electrons. The van der Waals surface area contributed by atoms with Gasteiger partial charge in [0, 0.05) is 27.1 Å². The van der Waals surface area contributed by atoms with E-state index in [4.69, 9.17) is 49.0 Å². The molecule has 2 heterocycles. The van der Waals surface area contributed by atoms with Gasteiger partial charge in [0.2, 0.25) is 0 Å². The normalized spacial score (nSPS) is 10.7. The summed E-state index contributed by atoms with van der Waals surface area (Å²) in [6, 6.07) is 2.96. The maximum atomic E-state index is 13.9. The number of nitrogen functional groups attached to an aromatic ring is 1. The van der Waals surface area contributed by atoms with Crippen LogP contribution in [0.25, 0.3) is 5.69 Å². The Labute approximate surface area is 298 Å². The van der Waals surface area contributed by atoms with Crippen LogP contribution in [0.4, 0.5) is 46.8 Å². The summed E-state index contributed by atoms with van der Waals surface area (Å²) in [6.45, 7) is 1.08. The van der Waals surface area contributed by atoms with E-state index in [1.165, 1.54) is 24.0 Å². The molecule has 0 aliphatic rings. The van der Waals surface area contributed by atoms with Gasteiger partial charge in [0.15, 0.2) is 5.69 Å². The van der Waals surface area contributed by atoms with E-state index >= 15 is 0 Å². The van der Waals surface area contributed by atoms with E-state index in [-0.39, 0.29) is 32.9 Å². The molecule has 25 heteroatoms. The molecule has 0 fully saturated rings. The van der Waals surface area contributed by atoms with Gasteiger partial charge in [0.25, 0.3) is 17.5 Å². The van der Waals surface area contributed by atoms with Gasteiger partial charge >= 0.3 is 35.6 Å². The molecule has 0 bridgehead atoms. The molecular weight excluding hydrogens is 789 g/mol. The number of alkyl halides is 6. The zero-order chi connectivity index (χ0) is 41.3. The van der Waals surface area contributed by atoms with Gasteiger partial charge in [-0.1, -0.05) is 23.2 Å². The Balaban J connectivity index is 0.000000401. The number of aromatic carboxylic acids is 2. The van der Waals surface area contributed by atoms with Crippen LogP contribution in [-0.2, 0) is 17.1 Å². The first kappa shape index (κ1) is 45.1. The van der Waals surface area contributed by atoms with Crippen molar-refractivity contribution in [2.75, 3.05) is 24.7 Å². The van der Waals surface area contributed by atoms with Crippen molar-refractivity contribution >= 4 is 52.8 Å². The fraction of sp³-hybridized carbons (Fsp3) is 0.179. The second kappa shape index (κ2) is 18.0. The van der Waals surface area contributed by atoms with Crippen molar-refractivity contribution in [2.24, 2.45) is 0 Å². The van der Waals surface area contributed by atoms with E-state index < -0.39 is 86.4 Å². The lowest BCUT2D eigenvalue weighted by atomic mass is 10.2. The Kier molecular flexibility index (Phi) is 15.3. The maximum absolute atomic E-state index is 13.9. The number of benzene rings is 2. The van der Waals surface area contributed by atoms with Crippen LogP contribution in [0.5, 0.6) is 0 Å². The standard InChI is InChI=1S/C12H5ClF4N2O4.C7H5ClFNO2.C7H7F3N2O2.C2H4O2/c13-5-2-6(14)7(1-4(5)10(21)22)19-9(20)3-8(12(15,16)17)18-11(19)23;8-4-2-5(9)6(10)1-3(4)7(11)12;1-12(2)6-11-4(7(8,9)10)3-5(13)14-6;1-2(3)4/h1-3H,(H,18,23)(H,21,22);1-2H,10H2,(H,11,12);3H,1-2H3;1H3,(H,3,4). The molecular formula is C28H21Cl2F8N5O10. The molecule has 0 atom stereocenters. The average Bonchev–Trinajstić information content (AvgIpc) is 2.98. The quantitative estimate of drug-likeness (QED) is 0.135. The molecule has 6 N–H and O–H groups in total. The number of aliphatic carboxylic acids is 1. The van der Waals surface area contributed by atoms with Crippen molar-refractivity contribution in [3.63, 3.8) is 0 Å². The molecule has 0 aliphatic carbocycles. The SMILES string of the molecule is CC(=O)O.CN(C)c1nc(C(F)(F)F)cc(=O)o1.Nc1cc(C(=O)O)c(Cl)cc1F.O=C(O)c1cc(-n2c(=O)cc(C(F)(F)F)[nH]c2=O)c(F)cc1Cl. The minimum Gasteiger partial charge on any atom is -0.481 e. The number of nitrogens with one attached hydrogen (secondary N) is 1. The summed E-state index contributed by atoms with van der Waals surface area (Å²) < 4.78 is 105. The van der Waals surface area contributed by atoms with Crippen LogP contribution in [0.15, 0.2) is 55.2 Å². The fourth-order valence-corrected chi connectivity index (χ4v) is 3.67. The Morgan fingerprint density at radius 2 is 1.30 bits per heavy atom. The lowest BCUT2D eigenvalue weighted by Gasteiger charge is -2.10. The smallest absolute Gasteiger partial charge is 0.433 e. The lowest BCUT2D eigenvalue weighted by molar-refractivity contribution is -0.142. The first-order valence-corrected chi connectivity index (χ1v) is 13.9. The van der Waals surface area contributed by atoms with E-state index in [9.17, 15) is 59.1 Å². The van der Waals surface area contributed by atoms with E-state index in [2.05, 4.69) is 9.40 Å². The van der Waals surface area contributed by atoms with Gasteiger partial charge < -0.3 is 35.4 Å². The topological polar surface area (TPSA) is 239 Å². The van der Waals surface area contributed by atoms with Crippen LogP contribution in [0.1, 0.15) is 39.0 Å². The third kappa shape index (κ3) is 13.3. The van der Waals surface area contributed by atoms with E-state index in [0.29, 0.717) is 18.2 Å². The third-order valence-electron chi connectivity index (χ3n) is 5.40. The maximum Gasteiger partial charge on any atom is 0.433 e. The number of nitrogens with zero attached hydrogens (tertiary/aromatic N) is 3. The molecule has 0 amide bonds. The first-order chi connectivity index (χ1) is 24.1. The summed E-state index contributed by atoms with van der Waals surface area (Å²) in [5, 5.41) is 24.2. The van der Waals surface area contributed by atoms with Crippen molar-refractivity contribution in [3.8, 4) is 5.69 Å². The van der Waals surface area contributed by atoms with Gasteiger partial charge in [-0.2, -0.15) is 31.3 Å². The van der Waals surface area contributed by atoms with Crippen LogP contribution >= 0.6 is 23.2 Å². The zero-order valence-corrected chi connectivity index (χ0v) is 27.9. The number of rotatable bonds is 4. The Morgan fingerprint density at radius 3 is 1.72 bits per heavy atom. The lowest BCUT2D eigenvalue weighted by Crippen LogP contribution is -2.36. The van der Waals surface area contributed by atoms with Gasteiger partial charge in [-0.05, 0) is 24.3 Å². The number of anilines is 2. The van der Waals surface area contributed by atoms with Crippen molar-refractivity contribution < 1.29 is 69.2 Å². The molecule has 2 aromatic carbocycles. The summed E-state index contributed by atoms with van der Waals surface area (Å²) in [5.41, 5.74) is -3.77. The highest BCUT2D eigenvalue weighted by Gasteiger charge is 2.34. The van der Waals surface area contributed by atoms with E-state index in [1.807, 2.05) is 0 Å². The average molecular weight is 810 g/mol. The third-order valence-corrected chi connectivity index (χ3v) is 6.02. The summed E-state index contributed by atoms with van der Waals surface area (Å²) in [5.74, 6) is -5.61. The predicted octanol–water partition coefficient (Wildman–Crippen LogP) is 5.01. The number of H-pyrrole nitrogens is 1. The molecule has 53 heavy (non-hydrogen) atoms. The number of hydrogen-bond donors (Lipinski definition) is 5. The highest BCUT2D eigenvalue weighted by atomic mass is 35.5. The van der Waals surface area contributed by atoms with Crippen LogP contribution in [0, 0.1) is 11.6 Å². The molecule has 4 rings (SSSR count). The van der Waals surface area contributed by atoms with Crippen molar-refractivity contribution in [1.82, 2.24) is 14.5 Å². The second-order valence-corrected chi connectivity index (χ2v) is 10.5. The van der Waals surface area contributed by atoms with Crippen LogP contribution in [0.3, 0.4) is 0 Å². The number of carbonyl (C=O) groups is 3. The van der Waals surface area contributed by atoms with Gasteiger partial charge in [-0.3, -0.25) is 9.59 Å². The molecule has 0 aliphatic heterocycles. The van der Waals surface area contributed by atoms with Crippen molar-refractivity contribution in [1.29, 1.82) is 0 Å². The molecule has 288 valence electrons. The summed E-state index contributed by atoms with van der Waals surface area (Å²) in [4.78, 5) is 70.2. The zero-order valence-electron chi connectivity index (χ0n) is 26.4. The molecule has 15 nitrogen and oxygen atoms in total. The van der Waals surface area contributed by atoms with Crippen LogP contribution in [0.2, 0.25) is 10.0 Å². The molecule has 0 saturated heterocycles. The van der Waals surface area contributed by atoms with Gasteiger partial charge in [-0.15, -0.1) is 0 Å². The second-order valence-electron chi connectivity index (χ2n) is 9.66. The van der Waals surface area contributed by atoms with Crippen LogP contribution in [-0.4, -0.2) is 61.9 Å². The summed E-state index contributed by atoms with van der Waals surface area (Å²) in [6.07, 6.45) is -9.62. The number of carboxylic acids is 3. The number of carboxylic acid groups (broad SMARTS) is 3. The Bertz CT molecular complexity index is 2150. The minimum atomic E-state index is -4.98. The number of aromatic amines is 1. The summed E-state index contributed by atoms with van der Waals surface area (Å²) in [7, 11) is 2.84. The molecule has 0 saturated carbocycles. The first-order valence-electron chi connectivity index (χ1n) is 13.2. The highest BCUT2D eigenvalue weighted by Crippen LogP contribution is 2.28. The van der Waals surface area contributed by atoms with E-state index in [0.717, 1.165) is 19.1 Å². The number of hydrogen-bond acceptors (Lipinski definition) is 10. The van der Waals surface area contributed by atoms with Gasteiger partial charge in [0.1, 0.15) is 17.3 Å². The highest BCUT2D eigenvalue weighted by molar-refractivity contribution is 6.34. The number of halogens is 10. The predicted molar refractivity (Wildman–Crippen MR) is 168 cm³/mol.